The Balaban J connectivity index is 2.22. The van der Waals surface area contributed by atoms with E-state index < -0.39 is 0 Å². The summed E-state index contributed by atoms with van der Waals surface area (Å²) in [5.74, 6) is 0.619. The summed E-state index contributed by atoms with van der Waals surface area (Å²) in [6.45, 7) is 3.67. The molecule has 1 atom stereocenters. The zero-order valence-corrected chi connectivity index (χ0v) is 10.8. The fourth-order valence-corrected chi connectivity index (χ4v) is 1.74. The number of aromatic nitrogens is 1. The van der Waals surface area contributed by atoms with E-state index in [0.717, 1.165) is 11.2 Å². The van der Waals surface area contributed by atoms with E-state index in [0.29, 0.717) is 11.5 Å². The van der Waals surface area contributed by atoms with E-state index in [4.69, 9.17) is 4.42 Å². The SMILES string of the molecule is CSC(C)C(=O)Nc1ccc2nc(C)oc2c1. The Kier molecular flexibility index (Phi) is 3.38. The lowest BCUT2D eigenvalue weighted by Gasteiger charge is -2.09. The predicted octanol–water partition coefficient (Wildman–Crippen LogP) is 2.83. The Morgan fingerprint density at radius 1 is 1.53 bits per heavy atom. The number of thioether (sulfide) groups is 1. The van der Waals surface area contributed by atoms with Crippen molar-refractivity contribution >= 4 is 34.5 Å². The van der Waals surface area contributed by atoms with Gasteiger partial charge in [0.15, 0.2) is 11.5 Å². The van der Waals surface area contributed by atoms with Gasteiger partial charge in [-0.3, -0.25) is 4.79 Å². The van der Waals surface area contributed by atoms with Crippen molar-refractivity contribution in [1.29, 1.82) is 0 Å². The molecule has 5 heteroatoms. The zero-order valence-electron chi connectivity index (χ0n) is 9.98. The number of carbonyl (C=O) groups is 1. The van der Waals surface area contributed by atoms with Crippen LogP contribution in [0.25, 0.3) is 11.1 Å². The second kappa shape index (κ2) is 4.79. The lowest BCUT2D eigenvalue weighted by molar-refractivity contribution is -0.115. The first-order chi connectivity index (χ1) is 8.10. The highest BCUT2D eigenvalue weighted by molar-refractivity contribution is 7.99. The molecule has 0 bridgehead atoms. The highest BCUT2D eigenvalue weighted by Crippen LogP contribution is 2.20. The lowest BCUT2D eigenvalue weighted by atomic mass is 10.3. The molecule has 1 unspecified atom stereocenters. The van der Waals surface area contributed by atoms with Gasteiger partial charge in [0.25, 0.3) is 0 Å². The first-order valence-electron chi connectivity index (χ1n) is 5.31. The third kappa shape index (κ3) is 2.61. The summed E-state index contributed by atoms with van der Waals surface area (Å²) in [5.41, 5.74) is 2.23. The highest BCUT2D eigenvalue weighted by Gasteiger charge is 2.12. The molecule has 1 aromatic carbocycles. The van der Waals surface area contributed by atoms with Crippen molar-refractivity contribution in [3.8, 4) is 0 Å². The standard InChI is InChI=1S/C12H14N2O2S/c1-7(17-3)12(15)14-9-4-5-10-11(6-9)16-8(2)13-10/h4-7H,1-3H3,(H,14,15). The summed E-state index contributed by atoms with van der Waals surface area (Å²) in [5, 5.41) is 2.78. The van der Waals surface area contributed by atoms with E-state index in [9.17, 15) is 4.79 Å². The van der Waals surface area contributed by atoms with Gasteiger partial charge in [0, 0.05) is 18.7 Å². The maximum absolute atomic E-state index is 11.7. The van der Waals surface area contributed by atoms with Gasteiger partial charge < -0.3 is 9.73 Å². The number of anilines is 1. The summed E-state index contributed by atoms with van der Waals surface area (Å²) in [4.78, 5) is 15.9. The smallest absolute Gasteiger partial charge is 0.237 e. The van der Waals surface area contributed by atoms with Crippen LogP contribution in [0.1, 0.15) is 12.8 Å². The van der Waals surface area contributed by atoms with Gasteiger partial charge in [-0.05, 0) is 25.3 Å². The number of benzene rings is 1. The number of hydrogen-bond acceptors (Lipinski definition) is 4. The fourth-order valence-electron chi connectivity index (χ4n) is 1.47. The summed E-state index contributed by atoms with van der Waals surface area (Å²) >= 11 is 1.51. The van der Waals surface area contributed by atoms with Crippen LogP contribution in [0.4, 0.5) is 5.69 Å². The molecule has 0 aliphatic carbocycles. The van der Waals surface area contributed by atoms with Gasteiger partial charge in [0.05, 0.1) is 5.25 Å². The van der Waals surface area contributed by atoms with Crippen LogP contribution in [0.3, 0.4) is 0 Å². The molecule has 1 heterocycles. The molecule has 0 aliphatic heterocycles. The van der Waals surface area contributed by atoms with Crippen LogP contribution in [-0.4, -0.2) is 22.4 Å². The second-order valence-electron chi connectivity index (χ2n) is 3.78. The predicted molar refractivity (Wildman–Crippen MR) is 70.4 cm³/mol. The number of amides is 1. The molecule has 0 fully saturated rings. The van der Waals surface area contributed by atoms with Crippen molar-refractivity contribution in [3.05, 3.63) is 24.1 Å². The van der Waals surface area contributed by atoms with Crippen molar-refractivity contribution in [2.24, 2.45) is 0 Å². The molecule has 1 amide bonds. The number of carbonyl (C=O) groups excluding carboxylic acids is 1. The van der Waals surface area contributed by atoms with Crippen molar-refractivity contribution in [3.63, 3.8) is 0 Å². The number of hydrogen-bond donors (Lipinski definition) is 1. The Morgan fingerprint density at radius 3 is 3.00 bits per heavy atom. The fraction of sp³-hybridized carbons (Fsp3) is 0.333. The zero-order chi connectivity index (χ0) is 12.4. The second-order valence-corrected chi connectivity index (χ2v) is 4.96. The van der Waals surface area contributed by atoms with E-state index in [1.165, 1.54) is 11.8 Å². The van der Waals surface area contributed by atoms with Crippen molar-refractivity contribution in [1.82, 2.24) is 4.98 Å². The van der Waals surface area contributed by atoms with Gasteiger partial charge in [0.1, 0.15) is 5.52 Å². The maximum Gasteiger partial charge on any atom is 0.237 e. The maximum atomic E-state index is 11.7. The Hall–Kier alpha value is -1.49. The van der Waals surface area contributed by atoms with Gasteiger partial charge >= 0.3 is 0 Å². The van der Waals surface area contributed by atoms with Crippen LogP contribution >= 0.6 is 11.8 Å². The minimum atomic E-state index is -0.0674. The first-order valence-corrected chi connectivity index (χ1v) is 6.60. The lowest BCUT2D eigenvalue weighted by Crippen LogP contribution is -2.21. The number of fused-ring (bicyclic) bond motifs is 1. The third-order valence-electron chi connectivity index (χ3n) is 2.49. The molecule has 90 valence electrons. The number of nitrogens with zero attached hydrogens (tertiary/aromatic N) is 1. The van der Waals surface area contributed by atoms with Gasteiger partial charge in [-0.25, -0.2) is 4.98 Å². The monoisotopic (exact) mass is 250 g/mol. The first kappa shape index (κ1) is 12.0. The summed E-state index contributed by atoms with van der Waals surface area (Å²) in [6.07, 6.45) is 1.91. The van der Waals surface area contributed by atoms with Gasteiger partial charge in [-0.15, -0.1) is 0 Å². The minimum absolute atomic E-state index is 0.00640. The van der Waals surface area contributed by atoms with Crippen molar-refractivity contribution in [2.75, 3.05) is 11.6 Å². The van der Waals surface area contributed by atoms with E-state index in [1.807, 2.05) is 25.3 Å². The van der Waals surface area contributed by atoms with Gasteiger partial charge in [0.2, 0.25) is 5.91 Å². The Bertz CT molecular complexity index is 550. The molecule has 17 heavy (non-hydrogen) atoms. The van der Waals surface area contributed by atoms with Crippen molar-refractivity contribution < 1.29 is 9.21 Å². The van der Waals surface area contributed by atoms with Crippen LogP contribution in [0.15, 0.2) is 22.6 Å². The minimum Gasteiger partial charge on any atom is -0.441 e. The van der Waals surface area contributed by atoms with Crippen LogP contribution < -0.4 is 5.32 Å². The number of rotatable bonds is 3. The van der Waals surface area contributed by atoms with Gasteiger partial charge in [-0.1, -0.05) is 0 Å². The Labute approximate surface area is 104 Å². The van der Waals surface area contributed by atoms with E-state index >= 15 is 0 Å². The summed E-state index contributed by atoms with van der Waals surface area (Å²) in [7, 11) is 0. The van der Waals surface area contributed by atoms with E-state index in [1.54, 1.807) is 13.0 Å². The molecule has 0 spiro atoms. The Morgan fingerprint density at radius 2 is 2.29 bits per heavy atom. The quantitative estimate of drug-likeness (QED) is 0.910. The molecule has 2 rings (SSSR count). The highest BCUT2D eigenvalue weighted by atomic mass is 32.2. The molecular formula is C12H14N2O2S. The number of aryl methyl sites for hydroxylation is 1. The molecule has 4 nitrogen and oxygen atoms in total. The topological polar surface area (TPSA) is 55.1 Å². The van der Waals surface area contributed by atoms with Crippen LogP contribution in [0.2, 0.25) is 0 Å². The molecule has 1 aromatic heterocycles. The number of nitrogens with one attached hydrogen (secondary N) is 1. The third-order valence-corrected chi connectivity index (χ3v) is 3.41. The summed E-state index contributed by atoms with van der Waals surface area (Å²) < 4.78 is 5.41. The van der Waals surface area contributed by atoms with Crippen molar-refractivity contribution in [2.45, 2.75) is 19.1 Å². The average Bonchev–Trinajstić information content (AvgIpc) is 2.67. The molecule has 0 saturated heterocycles. The molecule has 0 radical (unpaired) electrons. The van der Waals surface area contributed by atoms with Crippen LogP contribution in [0.5, 0.6) is 0 Å². The number of oxazole rings is 1. The molecule has 1 N–H and O–H groups in total. The van der Waals surface area contributed by atoms with Gasteiger partial charge in [-0.2, -0.15) is 11.8 Å². The molecule has 0 aliphatic rings. The molecule has 2 aromatic rings. The van der Waals surface area contributed by atoms with Crippen LogP contribution in [-0.2, 0) is 4.79 Å². The molecular weight excluding hydrogens is 236 g/mol. The molecule has 0 saturated carbocycles. The average molecular weight is 250 g/mol. The largest absolute Gasteiger partial charge is 0.441 e. The van der Waals surface area contributed by atoms with Crippen LogP contribution in [0, 0.1) is 6.92 Å². The summed E-state index contributed by atoms with van der Waals surface area (Å²) in [6, 6.07) is 5.46. The van der Waals surface area contributed by atoms with E-state index in [2.05, 4.69) is 10.3 Å². The van der Waals surface area contributed by atoms with E-state index in [-0.39, 0.29) is 11.2 Å². The normalized spacial score (nSPS) is 12.6.